The van der Waals surface area contributed by atoms with Crippen LogP contribution in [-0.2, 0) is 0 Å². The summed E-state index contributed by atoms with van der Waals surface area (Å²) in [5.41, 5.74) is 0. The molecular formula is C13H27NO. The third-order valence-electron chi connectivity index (χ3n) is 3.59. The van der Waals surface area contributed by atoms with Gasteiger partial charge >= 0.3 is 0 Å². The van der Waals surface area contributed by atoms with Gasteiger partial charge in [-0.25, -0.2) is 0 Å². The highest BCUT2D eigenvalue weighted by molar-refractivity contribution is 4.77. The van der Waals surface area contributed by atoms with Crippen molar-refractivity contribution < 1.29 is 5.11 Å². The van der Waals surface area contributed by atoms with Crippen LogP contribution in [0.25, 0.3) is 0 Å². The van der Waals surface area contributed by atoms with Gasteiger partial charge in [0.2, 0.25) is 0 Å². The van der Waals surface area contributed by atoms with Crippen LogP contribution in [0.1, 0.15) is 58.8 Å². The summed E-state index contributed by atoms with van der Waals surface area (Å²) in [5, 5.41) is 13.4. The fraction of sp³-hybridized carbons (Fsp3) is 1.00. The van der Waals surface area contributed by atoms with Crippen molar-refractivity contribution in [2.45, 2.75) is 70.9 Å². The van der Waals surface area contributed by atoms with Crippen molar-refractivity contribution in [3.63, 3.8) is 0 Å². The van der Waals surface area contributed by atoms with Crippen LogP contribution >= 0.6 is 0 Å². The minimum atomic E-state index is -0.0513. The molecule has 15 heavy (non-hydrogen) atoms. The van der Waals surface area contributed by atoms with E-state index < -0.39 is 0 Å². The largest absolute Gasteiger partial charge is 0.393 e. The highest BCUT2D eigenvalue weighted by atomic mass is 16.3. The summed E-state index contributed by atoms with van der Waals surface area (Å²) >= 11 is 0. The Morgan fingerprint density at radius 1 is 1.33 bits per heavy atom. The van der Waals surface area contributed by atoms with Gasteiger partial charge in [0.25, 0.3) is 0 Å². The Morgan fingerprint density at radius 3 is 2.73 bits per heavy atom. The molecule has 1 aliphatic carbocycles. The molecule has 0 spiro atoms. The summed E-state index contributed by atoms with van der Waals surface area (Å²) in [6.07, 6.45) is 8.52. The zero-order chi connectivity index (χ0) is 11.1. The predicted octanol–water partition coefficient (Wildman–Crippen LogP) is 2.71. The van der Waals surface area contributed by atoms with Crippen molar-refractivity contribution in [2.24, 2.45) is 5.92 Å². The molecule has 2 nitrogen and oxygen atoms in total. The maximum Gasteiger partial charge on any atom is 0.0580 e. The monoisotopic (exact) mass is 213 g/mol. The number of nitrogens with one attached hydrogen (secondary N) is 1. The van der Waals surface area contributed by atoms with Crippen LogP contribution in [0.5, 0.6) is 0 Å². The maximum atomic E-state index is 9.82. The van der Waals surface area contributed by atoms with Gasteiger partial charge in [-0.3, -0.25) is 0 Å². The van der Waals surface area contributed by atoms with Crippen LogP contribution in [0.15, 0.2) is 0 Å². The molecule has 1 aliphatic rings. The van der Waals surface area contributed by atoms with Crippen LogP contribution < -0.4 is 5.32 Å². The second kappa shape index (κ2) is 7.24. The first-order valence-corrected chi connectivity index (χ1v) is 6.65. The van der Waals surface area contributed by atoms with Crippen LogP contribution in [0.2, 0.25) is 0 Å². The van der Waals surface area contributed by atoms with Gasteiger partial charge in [0, 0.05) is 12.6 Å². The Labute approximate surface area is 94.5 Å². The standard InChI is InChI=1S/C13H27NO/c1-3-4-7-11(2)14-10-12-8-5-6-9-13(12)15/h11-15H,3-10H2,1-2H3. The second-order valence-corrected chi connectivity index (χ2v) is 5.06. The molecule has 3 unspecified atom stereocenters. The fourth-order valence-corrected chi connectivity index (χ4v) is 2.39. The number of aliphatic hydroxyl groups excluding tert-OH is 1. The molecular weight excluding hydrogens is 186 g/mol. The first kappa shape index (κ1) is 13.0. The minimum Gasteiger partial charge on any atom is -0.393 e. The van der Waals surface area contributed by atoms with E-state index in [9.17, 15) is 5.11 Å². The van der Waals surface area contributed by atoms with Gasteiger partial charge in [-0.2, -0.15) is 0 Å². The summed E-state index contributed by atoms with van der Waals surface area (Å²) < 4.78 is 0. The molecule has 0 saturated heterocycles. The zero-order valence-corrected chi connectivity index (χ0v) is 10.3. The molecule has 0 aromatic rings. The number of unbranched alkanes of at least 4 members (excludes halogenated alkanes) is 1. The van der Waals surface area contributed by atoms with Crippen LogP contribution in [-0.4, -0.2) is 23.8 Å². The van der Waals surface area contributed by atoms with Crippen molar-refractivity contribution in [2.75, 3.05) is 6.54 Å². The number of rotatable bonds is 6. The van der Waals surface area contributed by atoms with Crippen molar-refractivity contribution >= 4 is 0 Å². The van der Waals surface area contributed by atoms with Crippen molar-refractivity contribution in [1.29, 1.82) is 0 Å². The SMILES string of the molecule is CCCCC(C)NCC1CCCCC1O. The van der Waals surface area contributed by atoms with E-state index in [2.05, 4.69) is 19.2 Å². The molecule has 1 fully saturated rings. The van der Waals surface area contributed by atoms with Gasteiger partial charge in [-0.15, -0.1) is 0 Å². The average molecular weight is 213 g/mol. The third-order valence-corrected chi connectivity index (χ3v) is 3.59. The lowest BCUT2D eigenvalue weighted by atomic mass is 9.86. The van der Waals surface area contributed by atoms with E-state index in [4.69, 9.17) is 0 Å². The van der Waals surface area contributed by atoms with Gasteiger partial charge in [0.05, 0.1) is 6.10 Å². The summed E-state index contributed by atoms with van der Waals surface area (Å²) in [5.74, 6) is 0.503. The molecule has 0 aromatic heterocycles. The quantitative estimate of drug-likeness (QED) is 0.711. The molecule has 2 heteroatoms. The fourth-order valence-electron chi connectivity index (χ4n) is 2.39. The highest BCUT2D eigenvalue weighted by Gasteiger charge is 2.22. The molecule has 90 valence electrons. The topological polar surface area (TPSA) is 32.3 Å². The third kappa shape index (κ3) is 4.98. The first-order valence-electron chi connectivity index (χ1n) is 6.65. The first-order chi connectivity index (χ1) is 7.24. The second-order valence-electron chi connectivity index (χ2n) is 5.06. The number of hydrogen-bond donors (Lipinski definition) is 2. The van der Waals surface area contributed by atoms with Crippen molar-refractivity contribution in [3.8, 4) is 0 Å². The van der Waals surface area contributed by atoms with Crippen LogP contribution in [0, 0.1) is 5.92 Å². The Balaban J connectivity index is 2.11. The van der Waals surface area contributed by atoms with E-state index in [0.29, 0.717) is 12.0 Å². The molecule has 0 heterocycles. The summed E-state index contributed by atoms with van der Waals surface area (Å²) in [6, 6.07) is 0.610. The molecule has 1 saturated carbocycles. The molecule has 1 rings (SSSR count). The lowest BCUT2D eigenvalue weighted by molar-refractivity contribution is 0.0682. The van der Waals surface area contributed by atoms with Crippen LogP contribution in [0.4, 0.5) is 0 Å². The van der Waals surface area contributed by atoms with E-state index in [1.165, 1.54) is 38.5 Å². The molecule has 0 aromatic carbocycles. The lowest BCUT2D eigenvalue weighted by Crippen LogP contribution is -2.37. The zero-order valence-electron chi connectivity index (χ0n) is 10.3. The number of aliphatic hydroxyl groups is 1. The lowest BCUT2D eigenvalue weighted by Gasteiger charge is -2.29. The molecule has 0 radical (unpaired) electrons. The van der Waals surface area contributed by atoms with Gasteiger partial charge in [0.1, 0.15) is 0 Å². The smallest absolute Gasteiger partial charge is 0.0580 e. The van der Waals surface area contributed by atoms with E-state index in [-0.39, 0.29) is 6.10 Å². The van der Waals surface area contributed by atoms with Gasteiger partial charge in [-0.1, -0.05) is 32.6 Å². The molecule has 2 N–H and O–H groups in total. The molecule has 0 bridgehead atoms. The molecule has 0 amide bonds. The van der Waals surface area contributed by atoms with Gasteiger partial charge in [0.15, 0.2) is 0 Å². The van der Waals surface area contributed by atoms with Crippen molar-refractivity contribution in [1.82, 2.24) is 5.32 Å². The maximum absolute atomic E-state index is 9.82. The van der Waals surface area contributed by atoms with Gasteiger partial charge in [-0.05, 0) is 32.1 Å². The normalized spacial score (nSPS) is 29.0. The van der Waals surface area contributed by atoms with E-state index in [1.54, 1.807) is 0 Å². The van der Waals surface area contributed by atoms with Crippen molar-refractivity contribution in [3.05, 3.63) is 0 Å². The predicted molar refractivity (Wildman–Crippen MR) is 65.0 cm³/mol. The molecule has 0 aliphatic heterocycles. The Morgan fingerprint density at radius 2 is 2.07 bits per heavy atom. The minimum absolute atomic E-state index is 0.0513. The molecule has 3 atom stereocenters. The Kier molecular flexibility index (Phi) is 6.26. The average Bonchev–Trinajstić information content (AvgIpc) is 2.25. The summed E-state index contributed by atoms with van der Waals surface area (Å²) in [4.78, 5) is 0. The Hall–Kier alpha value is -0.0800. The van der Waals surface area contributed by atoms with E-state index in [1.807, 2.05) is 0 Å². The summed E-state index contributed by atoms with van der Waals surface area (Å²) in [6.45, 7) is 5.49. The summed E-state index contributed by atoms with van der Waals surface area (Å²) in [7, 11) is 0. The van der Waals surface area contributed by atoms with E-state index >= 15 is 0 Å². The van der Waals surface area contributed by atoms with E-state index in [0.717, 1.165) is 13.0 Å². The van der Waals surface area contributed by atoms with Crippen LogP contribution in [0.3, 0.4) is 0 Å². The Bertz CT molecular complexity index is 161. The number of hydrogen-bond acceptors (Lipinski definition) is 2. The highest BCUT2D eigenvalue weighted by Crippen LogP contribution is 2.23. The van der Waals surface area contributed by atoms with Gasteiger partial charge < -0.3 is 10.4 Å².